The molecule has 28 heavy (non-hydrogen) atoms. The van der Waals surface area contributed by atoms with Crippen LogP contribution < -0.4 is 20.1 Å². The number of fused-ring (bicyclic) bond motifs is 1. The molecule has 7 heteroatoms. The average molecular weight is 387 g/mol. The van der Waals surface area contributed by atoms with E-state index in [-0.39, 0.29) is 0 Å². The van der Waals surface area contributed by atoms with E-state index in [0.29, 0.717) is 6.79 Å². The molecule has 2 aromatic rings. The Hall–Kier alpha value is -2.67. The van der Waals surface area contributed by atoms with Gasteiger partial charge in [-0.3, -0.25) is 4.99 Å². The first kappa shape index (κ1) is 20.1. The monoisotopic (exact) mass is 387 g/mol. The SMILES string of the molecule is CCOCCCN=C(NCCc1ccc2c(c1)OCO2)NCCc1ccco1. The van der Waals surface area contributed by atoms with E-state index < -0.39 is 0 Å². The van der Waals surface area contributed by atoms with Crippen LogP contribution in [0.4, 0.5) is 0 Å². The summed E-state index contributed by atoms with van der Waals surface area (Å²) in [6.45, 7) is 6.03. The minimum atomic E-state index is 0.301. The van der Waals surface area contributed by atoms with E-state index in [9.17, 15) is 0 Å². The van der Waals surface area contributed by atoms with E-state index in [1.807, 2.05) is 31.2 Å². The van der Waals surface area contributed by atoms with Crippen LogP contribution in [-0.4, -0.2) is 45.6 Å². The molecule has 0 fully saturated rings. The summed E-state index contributed by atoms with van der Waals surface area (Å²) in [5, 5.41) is 6.77. The third-order valence-corrected chi connectivity index (χ3v) is 4.31. The first-order chi connectivity index (χ1) is 13.8. The molecule has 0 radical (unpaired) electrons. The Labute approximate surface area is 166 Å². The summed E-state index contributed by atoms with van der Waals surface area (Å²) in [4.78, 5) is 4.64. The van der Waals surface area contributed by atoms with E-state index in [1.165, 1.54) is 5.56 Å². The van der Waals surface area contributed by atoms with Gasteiger partial charge in [-0.25, -0.2) is 0 Å². The summed E-state index contributed by atoms with van der Waals surface area (Å²) >= 11 is 0. The van der Waals surface area contributed by atoms with Crippen molar-refractivity contribution in [2.75, 3.05) is 39.6 Å². The lowest BCUT2D eigenvalue weighted by Crippen LogP contribution is -2.39. The lowest BCUT2D eigenvalue weighted by molar-refractivity contribution is 0.146. The zero-order valence-corrected chi connectivity index (χ0v) is 16.4. The minimum Gasteiger partial charge on any atom is -0.469 e. The molecule has 1 aliphatic heterocycles. The molecular formula is C21H29N3O4. The summed E-state index contributed by atoms with van der Waals surface area (Å²) in [7, 11) is 0. The molecule has 2 N–H and O–H groups in total. The zero-order chi connectivity index (χ0) is 19.4. The van der Waals surface area contributed by atoms with Crippen LogP contribution in [0.5, 0.6) is 11.5 Å². The molecule has 7 nitrogen and oxygen atoms in total. The third-order valence-electron chi connectivity index (χ3n) is 4.31. The lowest BCUT2D eigenvalue weighted by Gasteiger charge is -2.12. The molecule has 0 amide bonds. The first-order valence-electron chi connectivity index (χ1n) is 9.86. The molecule has 0 atom stereocenters. The number of benzene rings is 1. The Morgan fingerprint density at radius 2 is 1.96 bits per heavy atom. The van der Waals surface area contributed by atoms with Gasteiger partial charge in [0.2, 0.25) is 6.79 Å². The third kappa shape index (κ3) is 6.49. The largest absolute Gasteiger partial charge is 0.469 e. The van der Waals surface area contributed by atoms with Crippen molar-refractivity contribution in [3.63, 3.8) is 0 Å². The normalized spacial score (nSPS) is 13.0. The van der Waals surface area contributed by atoms with Gasteiger partial charge in [0, 0.05) is 39.3 Å². The number of nitrogens with one attached hydrogen (secondary N) is 2. The predicted molar refractivity (Wildman–Crippen MR) is 108 cm³/mol. The van der Waals surface area contributed by atoms with Crippen molar-refractivity contribution in [1.29, 1.82) is 0 Å². The predicted octanol–water partition coefficient (Wildman–Crippen LogP) is 2.76. The quantitative estimate of drug-likeness (QED) is 0.351. The first-order valence-corrected chi connectivity index (χ1v) is 9.86. The van der Waals surface area contributed by atoms with Gasteiger partial charge in [-0.1, -0.05) is 6.07 Å². The smallest absolute Gasteiger partial charge is 0.231 e. The van der Waals surface area contributed by atoms with Gasteiger partial charge < -0.3 is 29.3 Å². The van der Waals surface area contributed by atoms with Gasteiger partial charge in [-0.15, -0.1) is 0 Å². The van der Waals surface area contributed by atoms with Crippen LogP contribution in [0.2, 0.25) is 0 Å². The molecule has 0 unspecified atom stereocenters. The number of aliphatic imine (C=N–C) groups is 1. The van der Waals surface area contributed by atoms with Crippen molar-refractivity contribution in [3.05, 3.63) is 47.9 Å². The molecule has 0 saturated carbocycles. The minimum absolute atomic E-state index is 0.301. The second-order valence-corrected chi connectivity index (χ2v) is 6.40. The Bertz CT molecular complexity index is 731. The van der Waals surface area contributed by atoms with E-state index in [2.05, 4.69) is 21.7 Å². The van der Waals surface area contributed by atoms with Gasteiger partial charge >= 0.3 is 0 Å². The molecule has 0 saturated heterocycles. The Balaban J connectivity index is 1.45. The number of guanidine groups is 1. The Morgan fingerprint density at radius 3 is 2.79 bits per heavy atom. The van der Waals surface area contributed by atoms with Gasteiger partial charge in [-0.2, -0.15) is 0 Å². The maximum absolute atomic E-state index is 5.44. The van der Waals surface area contributed by atoms with Crippen molar-refractivity contribution in [1.82, 2.24) is 10.6 Å². The van der Waals surface area contributed by atoms with E-state index in [1.54, 1.807) is 6.26 Å². The number of hydrogen-bond donors (Lipinski definition) is 2. The van der Waals surface area contributed by atoms with Crippen LogP contribution in [0.3, 0.4) is 0 Å². The molecule has 1 aromatic heterocycles. The number of furan rings is 1. The fourth-order valence-electron chi connectivity index (χ4n) is 2.86. The Morgan fingerprint density at radius 1 is 1.11 bits per heavy atom. The van der Waals surface area contributed by atoms with Crippen LogP contribution in [-0.2, 0) is 17.6 Å². The maximum Gasteiger partial charge on any atom is 0.231 e. The standard InChI is InChI=1S/C21H29N3O4/c1-2-25-13-4-10-22-21(24-12-9-18-5-3-14-26-18)23-11-8-17-6-7-19-20(15-17)28-16-27-19/h3,5-7,14-15H,2,4,8-13,16H2,1H3,(H2,22,23,24). The highest BCUT2D eigenvalue weighted by molar-refractivity contribution is 5.79. The van der Waals surface area contributed by atoms with E-state index in [0.717, 1.165) is 75.3 Å². The van der Waals surface area contributed by atoms with Gasteiger partial charge in [0.15, 0.2) is 17.5 Å². The van der Waals surface area contributed by atoms with Crippen LogP contribution in [0.25, 0.3) is 0 Å². The molecule has 3 rings (SSSR count). The van der Waals surface area contributed by atoms with Crippen molar-refractivity contribution < 1.29 is 18.6 Å². The molecule has 1 aromatic carbocycles. The van der Waals surface area contributed by atoms with Crippen molar-refractivity contribution in [3.8, 4) is 11.5 Å². The van der Waals surface area contributed by atoms with Gasteiger partial charge in [0.1, 0.15) is 5.76 Å². The molecular weight excluding hydrogens is 358 g/mol. The summed E-state index contributed by atoms with van der Waals surface area (Å²) in [6, 6.07) is 9.95. The highest BCUT2D eigenvalue weighted by Crippen LogP contribution is 2.32. The fourth-order valence-corrected chi connectivity index (χ4v) is 2.86. The van der Waals surface area contributed by atoms with Crippen molar-refractivity contribution in [2.45, 2.75) is 26.2 Å². The van der Waals surface area contributed by atoms with E-state index >= 15 is 0 Å². The maximum atomic E-state index is 5.44. The molecule has 0 spiro atoms. The van der Waals surface area contributed by atoms with E-state index in [4.69, 9.17) is 18.6 Å². The number of nitrogens with zero attached hydrogens (tertiary/aromatic N) is 1. The highest BCUT2D eigenvalue weighted by Gasteiger charge is 2.13. The number of hydrogen-bond acceptors (Lipinski definition) is 5. The summed E-state index contributed by atoms with van der Waals surface area (Å²) < 4.78 is 21.6. The lowest BCUT2D eigenvalue weighted by atomic mass is 10.1. The molecule has 152 valence electrons. The molecule has 1 aliphatic rings. The molecule has 2 heterocycles. The van der Waals surface area contributed by atoms with Crippen LogP contribution in [0, 0.1) is 0 Å². The van der Waals surface area contributed by atoms with Crippen LogP contribution in [0.1, 0.15) is 24.7 Å². The summed E-state index contributed by atoms with van der Waals surface area (Å²) in [5.74, 6) is 3.40. The fraction of sp³-hybridized carbons (Fsp3) is 0.476. The summed E-state index contributed by atoms with van der Waals surface area (Å²) in [6.07, 6.45) is 4.28. The van der Waals surface area contributed by atoms with Crippen LogP contribution in [0.15, 0.2) is 46.0 Å². The van der Waals surface area contributed by atoms with Gasteiger partial charge in [0.25, 0.3) is 0 Å². The number of ether oxygens (including phenoxy) is 3. The second-order valence-electron chi connectivity index (χ2n) is 6.40. The molecule has 0 bridgehead atoms. The Kier molecular flexibility index (Phi) is 8.06. The summed E-state index contributed by atoms with van der Waals surface area (Å²) in [5.41, 5.74) is 1.20. The van der Waals surface area contributed by atoms with Crippen LogP contribution >= 0.6 is 0 Å². The zero-order valence-electron chi connectivity index (χ0n) is 16.4. The van der Waals surface area contributed by atoms with Gasteiger partial charge in [0.05, 0.1) is 6.26 Å². The topological polar surface area (TPSA) is 77.2 Å². The molecule has 0 aliphatic carbocycles. The second kappa shape index (κ2) is 11.2. The average Bonchev–Trinajstić information content (AvgIpc) is 3.38. The van der Waals surface area contributed by atoms with Gasteiger partial charge in [-0.05, 0) is 49.6 Å². The van der Waals surface area contributed by atoms with Crippen molar-refractivity contribution in [2.24, 2.45) is 4.99 Å². The number of rotatable bonds is 11. The highest BCUT2D eigenvalue weighted by atomic mass is 16.7. The van der Waals surface area contributed by atoms with Crippen molar-refractivity contribution >= 4 is 5.96 Å².